The van der Waals surface area contributed by atoms with Gasteiger partial charge < -0.3 is 5.32 Å². The minimum Gasteiger partial charge on any atom is -0.301 e. The maximum Gasteiger partial charge on any atom is 0.236 e. The smallest absolute Gasteiger partial charge is 0.236 e. The van der Waals surface area contributed by atoms with Crippen LogP contribution in [0.5, 0.6) is 0 Å². The van der Waals surface area contributed by atoms with Crippen molar-refractivity contribution in [2.24, 2.45) is 0 Å². The standard InChI is InChI=1S/C16H12F2N2OS2/c1-9-2-4-11(5-3-9)22-8-14(21)19-16-20-15-12(18)6-10(17)7-13(15)23-16/h2-7H,8H2,1H3,(H,19,20,21). The molecule has 0 atom stereocenters. The van der Waals surface area contributed by atoms with Gasteiger partial charge in [0, 0.05) is 11.0 Å². The summed E-state index contributed by atoms with van der Waals surface area (Å²) in [5, 5.41) is 2.88. The predicted octanol–water partition coefficient (Wildman–Crippen LogP) is 4.61. The molecule has 0 saturated carbocycles. The summed E-state index contributed by atoms with van der Waals surface area (Å²) in [7, 11) is 0. The monoisotopic (exact) mass is 350 g/mol. The highest BCUT2D eigenvalue weighted by molar-refractivity contribution is 8.00. The first kappa shape index (κ1) is 15.9. The van der Waals surface area contributed by atoms with Crippen LogP contribution in [0.3, 0.4) is 0 Å². The van der Waals surface area contributed by atoms with Gasteiger partial charge in [0.25, 0.3) is 0 Å². The Morgan fingerprint density at radius 3 is 2.74 bits per heavy atom. The SMILES string of the molecule is Cc1ccc(SCC(=O)Nc2nc3c(F)cc(F)cc3s2)cc1. The average Bonchev–Trinajstić information content (AvgIpc) is 2.89. The number of anilines is 1. The van der Waals surface area contributed by atoms with E-state index in [9.17, 15) is 13.6 Å². The molecule has 0 saturated heterocycles. The molecule has 3 rings (SSSR count). The van der Waals surface area contributed by atoms with Crippen LogP contribution in [0, 0.1) is 18.6 Å². The van der Waals surface area contributed by atoms with Gasteiger partial charge in [-0.15, -0.1) is 11.8 Å². The molecule has 0 aliphatic carbocycles. The Morgan fingerprint density at radius 1 is 1.26 bits per heavy atom. The number of hydrogen-bond donors (Lipinski definition) is 1. The molecular formula is C16H12F2N2OS2. The van der Waals surface area contributed by atoms with E-state index >= 15 is 0 Å². The molecule has 2 aromatic carbocycles. The van der Waals surface area contributed by atoms with Gasteiger partial charge in [-0.05, 0) is 25.1 Å². The van der Waals surface area contributed by atoms with Crippen LogP contribution in [0.1, 0.15) is 5.56 Å². The first-order valence-corrected chi connectivity index (χ1v) is 8.56. The Balaban J connectivity index is 1.65. The molecule has 7 heteroatoms. The molecule has 0 fully saturated rings. The van der Waals surface area contributed by atoms with Gasteiger partial charge in [-0.3, -0.25) is 4.79 Å². The Kier molecular flexibility index (Phi) is 4.58. The number of aryl methyl sites for hydroxylation is 1. The van der Waals surface area contributed by atoms with Crippen molar-refractivity contribution >= 4 is 44.4 Å². The van der Waals surface area contributed by atoms with Gasteiger partial charge in [-0.2, -0.15) is 0 Å². The van der Waals surface area contributed by atoms with Crippen molar-refractivity contribution in [3.05, 3.63) is 53.6 Å². The van der Waals surface area contributed by atoms with E-state index in [4.69, 9.17) is 0 Å². The third-order valence-electron chi connectivity index (χ3n) is 3.05. The van der Waals surface area contributed by atoms with Crippen molar-refractivity contribution in [3.8, 4) is 0 Å². The normalized spacial score (nSPS) is 10.9. The van der Waals surface area contributed by atoms with Crippen molar-refractivity contribution in [2.45, 2.75) is 11.8 Å². The van der Waals surface area contributed by atoms with Gasteiger partial charge in [-0.1, -0.05) is 29.0 Å². The largest absolute Gasteiger partial charge is 0.301 e. The van der Waals surface area contributed by atoms with Crippen LogP contribution in [0.15, 0.2) is 41.3 Å². The molecule has 23 heavy (non-hydrogen) atoms. The molecule has 0 aliphatic heterocycles. The molecule has 118 valence electrons. The quantitative estimate of drug-likeness (QED) is 0.699. The summed E-state index contributed by atoms with van der Waals surface area (Å²) in [6.45, 7) is 2.00. The van der Waals surface area contributed by atoms with Crippen LogP contribution in [0.4, 0.5) is 13.9 Å². The molecule has 0 bridgehead atoms. The number of rotatable bonds is 4. The fourth-order valence-electron chi connectivity index (χ4n) is 1.95. The third-order valence-corrected chi connectivity index (χ3v) is 4.98. The topological polar surface area (TPSA) is 42.0 Å². The number of nitrogens with one attached hydrogen (secondary N) is 1. The number of thiazole rings is 1. The van der Waals surface area contributed by atoms with Gasteiger partial charge in [-0.25, -0.2) is 13.8 Å². The number of benzene rings is 2. The average molecular weight is 350 g/mol. The van der Waals surface area contributed by atoms with Gasteiger partial charge in [0.05, 0.1) is 10.5 Å². The number of amides is 1. The fraction of sp³-hybridized carbons (Fsp3) is 0.125. The molecule has 1 amide bonds. The van der Waals surface area contributed by atoms with Crippen LogP contribution in [-0.4, -0.2) is 16.6 Å². The molecule has 0 radical (unpaired) electrons. The van der Waals surface area contributed by atoms with E-state index in [-0.39, 0.29) is 22.3 Å². The van der Waals surface area contributed by atoms with E-state index in [1.807, 2.05) is 31.2 Å². The molecule has 1 heterocycles. The van der Waals surface area contributed by atoms with Gasteiger partial charge in [0.1, 0.15) is 11.3 Å². The number of carbonyl (C=O) groups is 1. The summed E-state index contributed by atoms with van der Waals surface area (Å²) in [6, 6.07) is 9.83. The Morgan fingerprint density at radius 2 is 2.00 bits per heavy atom. The zero-order chi connectivity index (χ0) is 16.4. The number of fused-ring (bicyclic) bond motifs is 1. The number of carbonyl (C=O) groups excluding carboxylic acids is 1. The molecule has 0 unspecified atom stereocenters. The minimum absolute atomic E-state index is 0.0675. The Labute approximate surface area is 139 Å². The zero-order valence-corrected chi connectivity index (χ0v) is 13.7. The maximum absolute atomic E-state index is 13.6. The van der Waals surface area contributed by atoms with Crippen LogP contribution < -0.4 is 5.32 Å². The Bertz CT molecular complexity index is 862. The van der Waals surface area contributed by atoms with Gasteiger partial charge >= 0.3 is 0 Å². The van der Waals surface area contributed by atoms with E-state index in [1.165, 1.54) is 17.8 Å². The summed E-state index contributed by atoms with van der Waals surface area (Å²) in [6.07, 6.45) is 0. The highest BCUT2D eigenvalue weighted by Crippen LogP contribution is 2.29. The number of aromatic nitrogens is 1. The van der Waals surface area contributed by atoms with Crippen LogP contribution in [0.25, 0.3) is 10.2 Å². The number of thioether (sulfide) groups is 1. The lowest BCUT2D eigenvalue weighted by molar-refractivity contribution is -0.113. The van der Waals surface area contributed by atoms with Crippen molar-refractivity contribution < 1.29 is 13.6 Å². The summed E-state index contributed by atoms with van der Waals surface area (Å²) in [4.78, 5) is 16.9. The lowest BCUT2D eigenvalue weighted by Crippen LogP contribution is -2.13. The fourth-order valence-corrected chi connectivity index (χ4v) is 3.57. The number of hydrogen-bond acceptors (Lipinski definition) is 4. The summed E-state index contributed by atoms with van der Waals surface area (Å²) >= 11 is 2.44. The van der Waals surface area contributed by atoms with Crippen molar-refractivity contribution in [3.63, 3.8) is 0 Å². The van der Waals surface area contributed by atoms with Crippen LogP contribution >= 0.6 is 23.1 Å². The zero-order valence-electron chi connectivity index (χ0n) is 12.1. The first-order chi connectivity index (χ1) is 11.0. The molecule has 0 spiro atoms. The summed E-state index contributed by atoms with van der Waals surface area (Å²) in [5.74, 6) is -1.41. The second-order valence-electron chi connectivity index (χ2n) is 4.90. The van der Waals surface area contributed by atoms with E-state index in [0.717, 1.165) is 27.9 Å². The van der Waals surface area contributed by atoms with E-state index < -0.39 is 11.6 Å². The summed E-state index contributed by atoms with van der Waals surface area (Å²) < 4.78 is 27.1. The van der Waals surface area contributed by atoms with Gasteiger partial charge in [0.15, 0.2) is 10.9 Å². The Hall–Kier alpha value is -1.99. The molecule has 3 nitrogen and oxygen atoms in total. The lowest BCUT2D eigenvalue weighted by atomic mass is 10.2. The second-order valence-corrected chi connectivity index (χ2v) is 6.98. The van der Waals surface area contributed by atoms with E-state index in [1.54, 1.807) is 0 Å². The molecule has 3 aromatic rings. The lowest BCUT2D eigenvalue weighted by Gasteiger charge is -2.02. The van der Waals surface area contributed by atoms with Crippen molar-refractivity contribution in [2.75, 3.05) is 11.1 Å². The van der Waals surface area contributed by atoms with E-state index in [0.29, 0.717) is 4.70 Å². The maximum atomic E-state index is 13.6. The number of nitrogens with zero attached hydrogens (tertiary/aromatic N) is 1. The van der Waals surface area contributed by atoms with Crippen molar-refractivity contribution in [1.29, 1.82) is 0 Å². The van der Waals surface area contributed by atoms with Gasteiger partial charge in [0.2, 0.25) is 5.91 Å². The minimum atomic E-state index is -0.731. The molecule has 1 N–H and O–H groups in total. The third kappa shape index (κ3) is 3.86. The predicted molar refractivity (Wildman–Crippen MR) is 90.1 cm³/mol. The van der Waals surface area contributed by atoms with Crippen molar-refractivity contribution in [1.82, 2.24) is 4.98 Å². The van der Waals surface area contributed by atoms with E-state index in [2.05, 4.69) is 10.3 Å². The first-order valence-electron chi connectivity index (χ1n) is 6.76. The molecule has 1 aromatic heterocycles. The molecule has 0 aliphatic rings. The highest BCUT2D eigenvalue weighted by Gasteiger charge is 2.12. The number of halogens is 2. The summed E-state index contributed by atoms with van der Waals surface area (Å²) in [5.41, 5.74) is 1.22. The van der Waals surface area contributed by atoms with Crippen LogP contribution in [0.2, 0.25) is 0 Å². The highest BCUT2D eigenvalue weighted by atomic mass is 32.2. The van der Waals surface area contributed by atoms with Crippen LogP contribution in [-0.2, 0) is 4.79 Å². The second kappa shape index (κ2) is 6.64. The molecular weight excluding hydrogens is 338 g/mol.